The number of esters is 1. The molecule has 1 heterocycles. The molecule has 1 amide bonds. The monoisotopic (exact) mass is 505 g/mol. The summed E-state index contributed by atoms with van der Waals surface area (Å²) in [6.45, 7) is 10.6. The number of carbonyl (C=O) groups is 2. The summed E-state index contributed by atoms with van der Waals surface area (Å²) in [5, 5.41) is 3.53. The maximum absolute atomic E-state index is 13.1. The number of ether oxygens (including phenoxy) is 2. The first-order chi connectivity index (χ1) is 17.2. The number of thiophene rings is 1. The Kier molecular flexibility index (Phi) is 7.84. The number of amides is 1. The summed E-state index contributed by atoms with van der Waals surface area (Å²) in [7, 11) is 0. The van der Waals surface area contributed by atoms with E-state index in [1.54, 1.807) is 13.8 Å². The van der Waals surface area contributed by atoms with Gasteiger partial charge in [0.05, 0.1) is 12.2 Å². The molecule has 190 valence electrons. The van der Waals surface area contributed by atoms with Crippen LogP contribution in [0.2, 0.25) is 0 Å². The van der Waals surface area contributed by atoms with E-state index in [2.05, 4.69) is 38.2 Å². The van der Waals surface area contributed by atoms with Gasteiger partial charge in [0.1, 0.15) is 10.8 Å². The van der Waals surface area contributed by atoms with Gasteiger partial charge in [-0.2, -0.15) is 0 Å². The number of anilines is 1. The number of fused-ring (bicyclic) bond motifs is 1. The van der Waals surface area contributed by atoms with Crippen molar-refractivity contribution >= 4 is 28.2 Å². The van der Waals surface area contributed by atoms with Crippen molar-refractivity contribution in [3.05, 3.63) is 70.6 Å². The zero-order chi connectivity index (χ0) is 25.9. The molecule has 0 radical (unpaired) electrons. The van der Waals surface area contributed by atoms with E-state index in [0.29, 0.717) is 28.8 Å². The Labute approximate surface area is 217 Å². The van der Waals surface area contributed by atoms with Crippen LogP contribution in [0, 0.1) is 11.3 Å². The van der Waals surface area contributed by atoms with Gasteiger partial charge in [-0.15, -0.1) is 11.3 Å². The second-order valence-corrected chi connectivity index (χ2v) is 11.5. The molecule has 1 aliphatic carbocycles. The van der Waals surface area contributed by atoms with Gasteiger partial charge in [0.2, 0.25) is 0 Å². The first-order valence-corrected chi connectivity index (χ1v) is 13.4. The first-order valence-electron chi connectivity index (χ1n) is 12.6. The summed E-state index contributed by atoms with van der Waals surface area (Å²) in [5.74, 6) is 0.480. The smallest absolute Gasteiger partial charge is 0.341 e. The maximum Gasteiger partial charge on any atom is 0.341 e. The highest BCUT2D eigenvalue weighted by atomic mass is 32.1. The Morgan fingerprint density at radius 1 is 1.06 bits per heavy atom. The average Bonchev–Trinajstić information content (AvgIpc) is 3.21. The molecule has 1 aromatic heterocycles. The average molecular weight is 506 g/mol. The van der Waals surface area contributed by atoms with Crippen molar-refractivity contribution in [3.8, 4) is 16.9 Å². The van der Waals surface area contributed by atoms with Crippen LogP contribution in [-0.2, 0) is 22.4 Å². The SMILES string of the molecule is CCOC(=O)c1c(NC(=O)C(C)Oc2ccc(-c3ccccc3)cc2)sc2c1CCC(C(C)(C)C)C2. The number of hydrogen-bond acceptors (Lipinski definition) is 5. The third kappa shape index (κ3) is 5.81. The second-order valence-electron chi connectivity index (χ2n) is 10.4. The molecular formula is C30H35NO4S. The van der Waals surface area contributed by atoms with E-state index in [9.17, 15) is 9.59 Å². The van der Waals surface area contributed by atoms with Crippen molar-refractivity contribution in [3.63, 3.8) is 0 Å². The fraction of sp³-hybridized carbons (Fsp3) is 0.400. The minimum absolute atomic E-state index is 0.188. The molecule has 3 aromatic rings. The van der Waals surface area contributed by atoms with Gasteiger partial charge in [-0.25, -0.2) is 4.79 Å². The largest absolute Gasteiger partial charge is 0.481 e. The third-order valence-electron chi connectivity index (χ3n) is 6.85. The molecule has 1 N–H and O–H groups in total. The zero-order valence-electron chi connectivity index (χ0n) is 21.7. The maximum atomic E-state index is 13.1. The number of nitrogens with one attached hydrogen (secondary N) is 1. The third-order valence-corrected chi connectivity index (χ3v) is 8.02. The molecule has 0 aliphatic heterocycles. The van der Waals surface area contributed by atoms with Gasteiger partial charge in [0, 0.05) is 4.88 Å². The van der Waals surface area contributed by atoms with Gasteiger partial charge in [-0.05, 0) is 73.3 Å². The summed E-state index contributed by atoms with van der Waals surface area (Å²) in [5.41, 5.74) is 3.93. The van der Waals surface area contributed by atoms with Crippen molar-refractivity contribution in [1.29, 1.82) is 0 Å². The van der Waals surface area contributed by atoms with Crippen LogP contribution in [0.5, 0.6) is 5.75 Å². The lowest BCUT2D eigenvalue weighted by Crippen LogP contribution is -2.30. The molecule has 2 unspecified atom stereocenters. The molecule has 2 aromatic carbocycles. The van der Waals surface area contributed by atoms with Crippen LogP contribution in [0.15, 0.2) is 54.6 Å². The number of carbonyl (C=O) groups excluding carboxylic acids is 2. The fourth-order valence-electron chi connectivity index (χ4n) is 4.66. The van der Waals surface area contributed by atoms with Gasteiger partial charge in [-0.1, -0.05) is 63.2 Å². The van der Waals surface area contributed by atoms with Gasteiger partial charge in [0.15, 0.2) is 6.10 Å². The van der Waals surface area contributed by atoms with E-state index < -0.39 is 6.10 Å². The summed E-state index contributed by atoms with van der Waals surface area (Å²) in [6.07, 6.45) is 2.01. The first kappa shape index (κ1) is 26.0. The molecule has 6 heteroatoms. The second kappa shape index (κ2) is 10.9. The highest BCUT2D eigenvalue weighted by Gasteiger charge is 2.34. The van der Waals surface area contributed by atoms with Crippen molar-refractivity contribution < 1.29 is 19.1 Å². The van der Waals surface area contributed by atoms with E-state index in [1.165, 1.54) is 16.2 Å². The summed E-state index contributed by atoms with van der Waals surface area (Å²) in [4.78, 5) is 27.1. The lowest BCUT2D eigenvalue weighted by molar-refractivity contribution is -0.122. The molecule has 4 rings (SSSR count). The molecule has 0 spiro atoms. The molecule has 1 aliphatic rings. The summed E-state index contributed by atoms with van der Waals surface area (Å²) < 4.78 is 11.3. The highest BCUT2D eigenvalue weighted by molar-refractivity contribution is 7.17. The van der Waals surface area contributed by atoms with Gasteiger partial charge < -0.3 is 14.8 Å². The Morgan fingerprint density at radius 3 is 2.36 bits per heavy atom. The van der Waals surface area contributed by atoms with Crippen LogP contribution in [0.4, 0.5) is 5.00 Å². The summed E-state index contributed by atoms with van der Waals surface area (Å²) in [6, 6.07) is 17.8. The van der Waals surface area contributed by atoms with Gasteiger partial charge in [0.25, 0.3) is 5.91 Å². The van der Waals surface area contributed by atoms with Crippen LogP contribution in [0.25, 0.3) is 11.1 Å². The normalized spacial score (nSPS) is 16.1. The number of benzene rings is 2. The molecule has 0 bridgehead atoms. The van der Waals surface area contributed by atoms with Crippen molar-refractivity contribution in [2.24, 2.45) is 11.3 Å². The van der Waals surface area contributed by atoms with Gasteiger partial charge in [-0.3, -0.25) is 4.79 Å². The minimum atomic E-state index is -0.732. The van der Waals surface area contributed by atoms with Crippen LogP contribution in [0.1, 0.15) is 61.8 Å². The Balaban J connectivity index is 1.49. The predicted octanol–water partition coefficient (Wildman–Crippen LogP) is 7.15. The topological polar surface area (TPSA) is 64.6 Å². The Hall–Kier alpha value is -3.12. The van der Waals surface area contributed by atoms with Crippen LogP contribution >= 0.6 is 11.3 Å². The number of rotatable bonds is 7. The zero-order valence-corrected chi connectivity index (χ0v) is 22.5. The van der Waals surface area contributed by atoms with Crippen molar-refractivity contribution in [2.75, 3.05) is 11.9 Å². The lowest BCUT2D eigenvalue weighted by atomic mass is 9.72. The van der Waals surface area contributed by atoms with Crippen LogP contribution < -0.4 is 10.1 Å². The summed E-state index contributed by atoms with van der Waals surface area (Å²) >= 11 is 1.50. The van der Waals surface area contributed by atoms with E-state index in [1.807, 2.05) is 42.5 Å². The standard InChI is InChI=1S/C30H35NO4S/c1-6-34-29(33)26-24-17-14-22(30(3,4)5)18-25(24)36-28(26)31-27(32)19(2)35-23-15-12-21(13-16-23)20-10-8-7-9-11-20/h7-13,15-16,19,22H,6,14,17-18H2,1-5H3,(H,31,32). The lowest BCUT2D eigenvalue weighted by Gasteiger charge is -2.33. The molecule has 36 heavy (non-hydrogen) atoms. The quantitative estimate of drug-likeness (QED) is 0.346. The highest BCUT2D eigenvalue weighted by Crippen LogP contribution is 2.44. The van der Waals surface area contributed by atoms with E-state index in [4.69, 9.17) is 9.47 Å². The van der Waals surface area contributed by atoms with Gasteiger partial charge >= 0.3 is 5.97 Å². The van der Waals surface area contributed by atoms with E-state index in [0.717, 1.165) is 36.0 Å². The number of hydrogen-bond donors (Lipinski definition) is 1. The molecular weight excluding hydrogens is 470 g/mol. The van der Waals surface area contributed by atoms with Crippen LogP contribution in [-0.4, -0.2) is 24.6 Å². The Morgan fingerprint density at radius 2 is 1.72 bits per heavy atom. The van der Waals surface area contributed by atoms with E-state index >= 15 is 0 Å². The predicted molar refractivity (Wildman–Crippen MR) is 146 cm³/mol. The van der Waals surface area contributed by atoms with E-state index in [-0.39, 0.29) is 17.3 Å². The fourth-order valence-corrected chi connectivity index (χ4v) is 5.98. The molecule has 5 nitrogen and oxygen atoms in total. The molecule has 0 saturated carbocycles. The minimum Gasteiger partial charge on any atom is -0.481 e. The van der Waals surface area contributed by atoms with Crippen molar-refractivity contribution in [1.82, 2.24) is 0 Å². The van der Waals surface area contributed by atoms with Crippen molar-refractivity contribution in [2.45, 2.75) is 60.0 Å². The molecule has 2 atom stereocenters. The molecule has 0 saturated heterocycles. The Bertz CT molecular complexity index is 1210. The molecule has 0 fully saturated rings. The van der Waals surface area contributed by atoms with Crippen LogP contribution in [0.3, 0.4) is 0 Å².